The summed E-state index contributed by atoms with van der Waals surface area (Å²) in [7, 11) is 0. The van der Waals surface area contributed by atoms with Crippen molar-refractivity contribution in [2.45, 2.75) is 57.7 Å². The highest BCUT2D eigenvalue weighted by atomic mass is 16.5. The van der Waals surface area contributed by atoms with Crippen LogP contribution in [0.15, 0.2) is 6.20 Å². The predicted molar refractivity (Wildman–Crippen MR) is 79.7 cm³/mol. The van der Waals surface area contributed by atoms with Gasteiger partial charge in [-0.3, -0.25) is 9.58 Å². The fourth-order valence-electron chi connectivity index (χ4n) is 3.50. The molecule has 4 rings (SSSR count). The molecule has 3 aliphatic rings. The molecule has 0 N–H and O–H groups in total. The number of hydrogen-bond donors (Lipinski definition) is 0. The van der Waals surface area contributed by atoms with Gasteiger partial charge in [-0.2, -0.15) is 0 Å². The van der Waals surface area contributed by atoms with E-state index in [0.717, 1.165) is 50.4 Å². The van der Waals surface area contributed by atoms with Crippen LogP contribution in [-0.2, 0) is 17.8 Å². The first-order chi connectivity index (χ1) is 10.4. The van der Waals surface area contributed by atoms with Crippen molar-refractivity contribution in [1.29, 1.82) is 0 Å². The zero-order valence-corrected chi connectivity index (χ0v) is 12.8. The minimum Gasteiger partial charge on any atom is -0.378 e. The average molecular weight is 290 g/mol. The van der Waals surface area contributed by atoms with Gasteiger partial charge in [-0.25, -0.2) is 0 Å². The van der Waals surface area contributed by atoms with Crippen molar-refractivity contribution in [3.05, 3.63) is 11.9 Å². The minimum absolute atomic E-state index is 0.581. The van der Waals surface area contributed by atoms with E-state index >= 15 is 0 Å². The summed E-state index contributed by atoms with van der Waals surface area (Å²) >= 11 is 0. The third-order valence-electron chi connectivity index (χ3n) is 5.27. The van der Waals surface area contributed by atoms with Crippen molar-refractivity contribution in [2.24, 2.45) is 11.8 Å². The Hall–Kier alpha value is -0.940. The van der Waals surface area contributed by atoms with Crippen LogP contribution >= 0.6 is 0 Å². The highest BCUT2D eigenvalue weighted by Gasteiger charge is 2.29. The second-order valence-corrected chi connectivity index (χ2v) is 7.11. The molecule has 1 aromatic rings. The van der Waals surface area contributed by atoms with Gasteiger partial charge in [0.15, 0.2) is 0 Å². The van der Waals surface area contributed by atoms with Crippen LogP contribution < -0.4 is 0 Å². The van der Waals surface area contributed by atoms with Gasteiger partial charge in [-0.05, 0) is 31.1 Å². The van der Waals surface area contributed by atoms with Crippen molar-refractivity contribution in [3.8, 4) is 0 Å². The van der Waals surface area contributed by atoms with Crippen LogP contribution in [0.3, 0.4) is 0 Å². The third-order valence-corrected chi connectivity index (χ3v) is 5.27. The first-order valence-corrected chi connectivity index (χ1v) is 8.57. The molecule has 1 atom stereocenters. The second kappa shape index (κ2) is 6.05. The molecule has 0 spiro atoms. The zero-order valence-electron chi connectivity index (χ0n) is 12.8. The zero-order chi connectivity index (χ0) is 14.1. The lowest BCUT2D eigenvalue weighted by Gasteiger charge is -2.39. The Kier molecular flexibility index (Phi) is 3.95. The van der Waals surface area contributed by atoms with Crippen molar-refractivity contribution in [3.63, 3.8) is 0 Å². The van der Waals surface area contributed by atoms with Crippen LogP contribution in [0.4, 0.5) is 0 Å². The van der Waals surface area contributed by atoms with Gasteiger partial charge < -0.3 is 4.74 Å². The van der Waals surface area contributed by atoms with Crippen LogP contribution in [0.25, 0.3) is 0 Å². The Morgan fingerprint density at radius 3 is 2.86 bits per heavy atom. The van der Waals surface area contributed by atoms with Gasteiger partial charge >= 0.3 is 0 Å². The minimum atomic E-state index is 0.581. The standard InChI is InChI=1S/C16H26N4O/c1-2-13(3-1)8-16-12-21-7-6-19(16)10-15-11-20(18-17-15)9-14-4-5-14/h11,13-14,16H,1-10,12H2. The van der Waals surface area contributed by atoms with Gasteiger partial charge in [0.2, 0.25) is 0 Å². The average Bonchev–Trinajstić information content (AvgIpc) is 3.15. The van der Waals surface area contributed by atoms with Crippen molar-refractivity contribution < 1.29 is 4.74 Å². The summed E-state index contributed by atoms with van der Waals surface area (Å²) < 4.78 is 7.74. The van der Waals surface area contributed by atoms with Crippen molar-refractivity contribution in [2.75, 3.05) is 19.8 Å². The molecule has 3 fully saturated rings. The summed E-state index contributed by atoms with van der Waals surface area (Å²) in [4.78, 5) is 2.56. The monoisotopic (exact) mass is 290 g/mol. The molecule has 2 aliphatic carbocycles. The molecule has 1 aromatic heterocycles. The van der Waals surface area contributed by atoms with Crippen LogP contribution in [0.5, 0.6) is 0 Å². The smallest absolute Gasteiger partial charge is 0.0967 e. The SMILES string of the molecule is c1c(CN2CCOCC2CC2CCC2)nnn1CC1CC1. The molecule has 0 bridgehead atoms. The van der Waals surface area contributed by atoms with E-state index in [1.165, 1.54) is 38.5 Å². The summed E-state index contributed by atoms with van der Waals surface area (Å²) in [6, 6.07) is 0.581. The Morgan fingerprint density at radius 2 is 2.10 bits per heavy atom. The Bertz CT molecular complexity index is 467. The number of ether oxygens (including phenoxy) is 1. The summed E-state index contributed by atoms with van der Waals surface area (Å²) in [6.45, 7) is 4.78. The van der Waals surface area contributed by atoms with Gasteiger partial charge in [0.05, 0.1) is 18.9 Å². The summed E-state index contributed by atoms with van der Waals surface area (Å²) in [5, 5.41) is 8.65. The summed E-state index contributed by atoms with van der Waals surface area (Å²) in [5.74, 6) is 1.79. The van der Waals surface area contributed by atoms with E-state index in [9.17, 15) is 0 Å². The van der Waals surface area contributed by atoms with Crippen molar-refractivity contribution in [1.82, 2.24) is 19.9 Å². The molecule has 5 heteroatoms. The third kappa shape index (κ3) is 3.46. The van der Waals surface area contributed by atoms with Gasteiger partial charge in [0.1, 0.15) is 0 Å². The van der Waals surface area contributed by atoms with E-state index in [1.807, 2.05) is 4.68 Å². The molecule has 21 heavy (non-hydrogen) atoms. The molecule has 1 aliphatic heterocycles. The first kappa shape index (κ1) is 13.7. The first-order valence-electron chi connectivity index (χ1n) is 8.57. The van der Waals surface area contributed by atoms with E-state index in [1.54, 1.807) is 0 Å². The van der Waals surface area contributed by atoms with E-state index in [-0.39, 0.29) is 0 Å². The largest absolute Gasteiger partial charge is 0.378 e. The van der Waals surface area contributed by atoms with E-state index in [0.29, 0.717) is 6.04 Å². The summed E-state index contributed by atoms with van der Waals surface area (Å²) in [6.07, 6.45) is 10.4. The summed E-state index contributed by atoms with van der Waals surface area (Å²) in [5.41, 5.74) is 1.12. The molecule has 0 aromatic carbocycles. The maximum absolute atomic E-state index is 5.70. The normalized spacial score (nSPS) is 27.7. The second-order valence-electron chi connectivity index (χ2n) is 7.11. The lowest BCUT2D eigenvalue weighted by atomic mass is 9.80. The Morgan fingerprint density at radius 1 is 1.19 bits per heavy atom. The quantitative estimate of drug-likeness (QED) is 0.804. The lowest BCUT2D eigenvalue weighted by Crippen LogP contribution is -2.46. The lowest BCUT2D eigenvalue weighted by molar-refractivity contribution is -0.0249. The van der Waals surface area contributed by atoms with E-state index in [2.05, 4.69) is 21.4 Å². The highest BCUT2D eigenvalue weighted by Crippen LogP contribution is 2.33. The van der Waals surface area contributed by atoms with Gasteiger partial charge in [0.25, 0.3) is 0 Å². The molecule has 1 saturated heterocycles. The maximum Gasteiger partial charge on any atom is 0.0967 e. The van der Waals surface area contributed by atoms with Gasteiger partial charge in [-0.1, -0.05) is 24.5 Å². The maximum atomic E-state index is 5.70. The molecule has 1 unspecified atom stereocenters. The number of rotatable bonds is 6. The van der Waals surface area contributed by atoms with E-state index < -0.39 is 0 Å². The molecule has 116 valence electrons. The highest BCUT2D eigenvalue weighted by molar-refractivity contribution is 4.95. The van der Waals surface area contributed by atoms with Crippen LogP contribution in [-0.4, -0.2) is 45.7 Å². The molecule has 0 radical (unpaired) electrons. The number of nitrogens with zero attached hydrogens (tertiary/aromatic N) is 4. The number of aromatic nitrogens is 3. The Labute approximate surface area is 126 Å². The van der Waals surface area contributed by atoms with Gasteiger partial charge in [-0.15, -0.1) is 5.10 Å². The molecule has 2 heterocycles. The van der Waals surface area contributed by atoms with E-state index in [4.69, 9.17) is 4.74 Å². The number of hydrogen-bond acceptors (Lipinski definition) is 4. The molecular weight excluding hydrogens is 264 g/mol. The van der Waals surface area contributed by atoms with Crippen molar-refractivity contribution >= 4 is 0 Å². The van der Waals surface area contributed by atoms with Gasteiger partial charge in [0, 0.05) is 31.9 Å². The Balaban J connectivity index is 1.34. The van der Waals surface area contributed by atoms with Crippen LogP contribution in [0.2, 0.25) is 0 Å². The fourth-order valence-corrected chi connectivity index (χ4v) is 3.50. The topological polar surface area (TPSA) is 43.2 Å². The predicted octanol–water partition coefficient (Wildman–Crippen LogP) is 2.08. The molecular formula is C16H26N4O. The molecule has 2 saturated carbocycles. The van der Waals surface area contributed by atoms with Crippen LogP contribution in [0.1, 0.15) is 44.2 Å². The van der Waals surface area contributed by atoms with Crippen LogP contribution in [0, 0.1) is 11.8 Å². The molecule has 5 nitrogen and oxygen atoms in total. The molecule has 0 amide bonds. The number of morpholine rings is 1. The fraction of sp³-hybridized carbons (Fsp3) is 0.875.